The second kappa shape index (κ2) is 6.66. The van der Waals surface area contributed by atoms with E-state index in [9.17, 15) is 4.79 Å². The van der Waals surface area contributed by atoms with Gasteiger partial charge in [-0.15, -0.1) is 0 Å². The largest absolute Gasteiger partial charge is 0.454 e. The molecule has 2 aliphatic rings. The average Bonchev–Trinajstić information content (AvgIpc) is 3.19. The van der Waals surface area contributed by atoms with Gasteiger partial charge >= 0.3 is 0 Å². The maximum absolute atomic E-state index is 12.9. The van der Waals surface area contributed by atoms with Crippen LogP contribution in [0.25, 0.3) is 6.08 Å². The lowest BCUT2D eigenvalue weighted by molar-refractivity contribution is -0.113. The third-order valence-electron chi connectivity index (χ3n) is 4.12. The lowest BCUT2D eigenvalue weighted by Crippen LogP contribution is -2.27. The zero-order valence-corrected chi connectivity index (χ0v) is 15.9. The molecule has 0 radical (unpaired) electrons. The molecule has 2 heterocycles. The van der Waals surface area contributed by atoms with E-state index in [1.54, 1.807) is 12.1 Å². The van der Waals surface area contributed by atoms with Gasteiger partial charge in [0.05, 0.1) is 10.6 Å². The number of amides is 1. The first-order chi connectivity index (χ1) is 12.5. The molecule has 0 unspecified atom stereocenters. The van der Waals surface area contributed by atoms with Gasteiger partial charge in [-0.1, -0.05) is 36.1 Å². The minimum atomic E-state index is -0.129. The third kappa shape index (κ3) is 3.04. The van der Waals surface area contributed by atoms with Gasteiger partial charge in [-0.25, -0.2) is 0 Å². The number of ether oxygens (including phenoxy) is 2. The van der Waals surface area contributed by atoms with Crippen molar-refractivity contribution in [1.82, 2.24) is 0 Å². The topological polar surface area (TPSA) is 42.0 Å². The molecule has 0 N–H and O–H groups in total. The van der Waals surface area contributed by atoms with Crippen LogP contribution in [-0.4, -0.2) is 31.1 Å². The minimum Gasteiger partial charge on any atom is -0.454 e. The van der Waals surface area contributed by atoms with E-state index in [2.05, 4.69) is 0 Å². The molecule has 26 heavy (non-hydrogen) atoms. The Morgan fingerprint density at radius 2 is 1.85 bits per heavy atom. The van der Waals surface area contributed by atoms with E-state index in [0.717, 1.165) is 11.3 Å². The lowest BCUT2D eigenvalue weighted by Gasteiger charge is -2.14. The predicted octanol–water partition coefficient (Wildman–Crippen LogP) is 3.89. The van der Waals surface area contributed by atoms with E-state index in [0.29, 0.717) is 26.4 Å². The summed E-state index contributed by atoms with van der Waals surface area (Å²) in [6.45, 7) is 0.194. The van der Waals surface area contributed by atoms with Gasteiger partial charge < -0.3 is 14.4 Å². The highest BCUT2D eigenvalue weighted by Gasteiger charge is 2.34. The summed E-state index contributed by atoms with van der Waals surface area (Å²) in [5.74, 6) is 1.17. The summed E-state index contributed by atoms with van der Waals surface area (Å²) in [7, 11) is 3.98. The highest BCUT2D eigenvalue weighted by atomic mass is 32.2. The Balaban J connectivity index is 1.61. The fourth-order valence-electron chi connectivity index (χ4n) is 2.73. The molecule has 132 valence electrons. The summed E-state index contributed by atoms with van der Waals surface area (Å²) in [5.41, 5.74) is 2.75. The highest BCUT2D eigenvalue weighted by Crippen LogP contribution is 2.40. The number of anilines is 2. The second-order valence-electron chi connectivity index (χ2n) is 6.04. The van der Waals surface area contributed by atoms with E-state index < -0.39 is 0 Å². The Labute approximate surface area is 161 Å². The third-order valence-corrected chi connectivity index (χ3v) is 5.42. The predicted molar refractivity (Wildman–Crippen MR) is 109 cm³/mol. The molecule has 7 heteroatoms. The minimum absolute atomic E-state index is 0.129. The molecule has 2 aromatic rings. The summed E-state index contributed by atoms with van der Waals surface area (Å²) in [5, 5.41) is 0. The van der Waals surface area contributed by atoms with Gasteiger partial charge in [0.15, 0.2) is 15.8 Å². The van der Waals surface area contributed by atoms with E-state index in [4.69, 9.17) is 21.7 Å². The van der Waals surface area contributed by atoms with Crippen molar-refractivity contribution in [3.8, 4) is 11.5 Å². The molecule has 0 bridgehead atoms. The number of rotatable bonds is 3. The van der Waals surface area contributed by atoms with Crippen molar-refractivity contribution in [2.45, 2.75) is 0 Å². The summed E-state index contributed by atoms with van der Waals surface area (Å²) in [4.78, 5) is 17.0. The van der Waals surface area contributed by atoms with E-state index >= 15 is 0 Å². The molecule has 2 aliphatic heterocycles. The highest BCUT2D eigenvalue weighted by molar-refractivity contribution is 8.27. The standard InChI is InChI=1S/C19H16N2O3S2/c1-20(2)13-5-3-12(4-6-13)9-17-18(22)21(19(25)26-17)14-7-8-15-16(10-14)24-11-23-15/h3-10H,11H2,1-2H3/b17-9+. The van der Waals surface area contributed by atoms with Gasteiger partial charge in [0.1, 0.15) is 0 Å². The maximum Gasteiger partial charge on any atom is 0.270 e. The van der Waals surface area contributed by atoms with Gasteiger partial charge in [-0.2, -0.15) is 0 Å². The van der Waals surface area contributed by atoms with Crippen molar-refractivity contribution in [1.29, 1.82) is 0 Å². The fraction of sp³-hybridized carbons (Fsp3) is 0.158. The van der Waals surface area contributed by atoms with Crippen LogP contribution >= 0.6 is 24.0 Å². The first kappa shape index (κ1) is 16.9. The molecular formula is C19H16N2O3S2. The molecule has 0 spiro atoms. The lowest BCUT2D eigenvalue weighted by atomic mass is 10.2. The number of thioether (sulfide) groups is 1. The Morgan fingerprint density at radius 3 is 2.58 bits per heavy atom. The number of thiocarbonyl (C=S) groups is 1. The van der Waals surface area contributed by atoms with Crippen molar-refractivity contribution in [2.75, 3.05) is 30.7 Å². The SMILES string of the molecule is CN(C)c1ccc(/C=C2/SC(=S)N(c3ccc4c(c3)OCO4)C2=O)cc1. The van der Waals surface area contributed by atoms with E-state index in [1.165, 1.54) is 16.7 Å². The molecule has 1 amide bonds. The summed E-state index contributed by atoms with van der Waals surface area (Å²) in [6, 6.07) is 13.4. The van der Waals surface area contributed by atoms with Crippen molar-refractivity contribution in [3.05, 3.63) is 52.9 Å². The summed E-state index contributed by atoms with van der Waals surface area (Å²) in [6.07, 6.45) is 1.87. The van der Waals surface area contributed by atoms with Crippen molar-refractivity contribution in [3.63, 3.8) is 0 Å². The average molecular weight is 384 g/mol. The number of fused-ring (bicyclic) bond motifs is 1. The normalized spacial score (nSPS) is 17.3. The van der Waals surface area contributed by atoms with Gasteiger partial charge in [0, 0.05) is 25.8 Å². The van der Waals surface area contributed by atoms with Crippen molar-refractivity contribution in [2.24, 2.45) is 0 Å². The molecule has 5 nitrogen and oxygen atoms in total. The van der Waals surface area contributed by atoms with Crippen LogP contribution in [0.4, 0.5) is 11.4 Å². The monoisotopic (exact) mass is 384 g/mol. The Hall–Kier alpha value is -2.51. The van der Waals surface area contributed by atoms with Crippen LogP contribution in [0, 0.1) is 0 Å². The Bertz CT molecular complexity index is 923. The molecule has 1 saturated heterocycles. The van der Waals surface area contributed by atoms with E-state index in [1.807, 2.05) is 55.4 Å². The van der Waals surface area contributed by atoms with Crippen molar-refractivity contribution >= 4 is 51.7 Å². The van der Waals surface area contributed by atoms with Gasteiger partial charge in [0.25, 0.3) is 5.91 Å². The summed E-state index contributed by atoms with van der Waals surface area (Å²) < 4.78 is 11.2. The Kier molecular flexibility index (Phi) is 4.34. The first-order valence-electron chi connectivity index (χ1n) is 7.98. The van der Waals surface area contributed by atoms with Crippen LogP contribution in [0.1, 0.15) is 5.56 Å². The number of benzene rings is 2. The fourth-order valence-corrected chi connectivity index (χ4v) is 4.03. The number of carbonyl (C=O) groups is 1. The van der Waals surface area contributed by atoms with Crippen LogP contribution in [0.2, 0.25) is 0 Å². The Morgan fingerprint density at radius 1 is 1.12 bits per heavy atom. The van der Waals surface area contributed by atoms with Crippen LogP contribution in [0.3, 0.4) is 0 Å². The number of hydrogen-bond donors (Lipinski definition) is 0. The van der Waals surface area contributed by atoms with Crippen molar-refractivity contribution < 1.29 is 14.3 Å². The molecule has 0 saturated carbocycles. The molecule has 4 rings (SSSR count). The zero-order valence-electron chi connectivity index (χ0n) is 14.3. The van der Waals surface area contributed by atoms with Gasteiger partial charge in [-0.05, 0) is 35.9 Å². The molecule has 0 aromatic heterocycles. The number of nitrogens with zero attached hydrogens (tertiary/aromatic N) is 2. The van der Waals surface area contributed by atoms with E-state index in [-0.39, 0.29) is 12.7 Å². The second-order valence-corrected chi connectivity index (χ2v) is 7.72. The van der Waals surface area contributed by atoms with Crippen LogP contribution in [0.15, 0.2) is 47.4 Å². The van der Waals surface area contributed by atoms with Gasteiger partial charge in [0.2, 0.25) is 6.79 Å². The zero-order chi connectivity index (χ0) is 18.3. The molecule has 0 aliphatic carbocycles. The first-order valence-corrected chi connectivity index (χ1v) is 9.20. The number of carbonyl (C=O) groups excluding carboxylic acids is 1. The number of hydrogen-bond acceptors (Lipinski definition) is 6. The molecule has 1 fully saturated rings. The smallest absolute Gasteiger partial charge is 0.270 e. The molecule has 2 aromatic carbocycles. The molecular weight excluding hydrogens is 368 g/mol. The maximum atomic E-state index is 12.9. The van der Waals surface area contributed by atoms with Crippen LogP contribution in [0.5, 0.6) is 11.5 Å². The summed E-state index contributed by atoms with van der Waals surface area (Å²) >= 11 is 6.73. The molecule has 0 atom stereocenters. The van der Waals surface area contributed by atoms with Crippen LogP contribution in [-0.2, 0) is 4.79 Å². The van der Waals surface area contributed by atoms with Gasteiger partial charge in [-0.3, -0.25) is 9.69 Å². The quantitative estimate of drug-likeness (QED) is 0.591. The van der Waals surface area contributed by atoms with Crippen LogP contribution < -0.4 is 19.3 Å².